The van der Waals surface area contributed by atoms with E-state index in [2.05, 4.69) is 15.7 Å². The summed E-state index contributed by atoms with van der Waals surface area (Å²) in [5.41, 5.74) is 2.37. The van der Waals surface area contributed by atoms with Gasteiger partial charge in [-0.05, 0) is 17.7 Å². The predicted octanol–water partition coefficient (Wildman–Crippen LogP) is 3.58. The lowest BCUT2D eigenvalue weighted by Crippen LogP contribution is -2.19. The second-order valence-corrected chi connectivity index (χ2v) is 5.19. The second kappa shape index (κ2) is 7.32. The molecule has 2 amide bonds. The van der Waals surface area contributed by atoms with E-state index < -0.39 is 0 Å². The molecule has 0 saturated carbocycles. The molecule has 3 aromatic rings. The maximum atomic E-state index is 12.1. The smallest absolute Gasteiger partial charge is 0.323 e. The van der Waals surface area contributed by atoms with Crippen LogP contribution in [0.1, 0.15) is 5.56 Å². The summed E-state index contributed by atoms with van der Waals surface area (Å²) in [6.45, 7) is 0.649. The van der Waals surface area contributed by atoms with E-state index in [-0.39, 0.29) is 6.03 Å². The molecule has 6 heteroatoms. The molecule has 0 saturated heterocycles. The van der Waals surface area contributed by atoms with Gasteiger partial charge in [0.25, 0.3) is 0 Å². The molecule has 0 aliphatic heterocycles. The number of urea groups is 1. The fraction of sp³-hybridized carbons (Fsp3) is 0.111. The van der Waals surface area contributed by atoms with E-state index in [0.717, 1.165) is 5.56 Å². The molecule has 3 rings (SSSR count). The first-order valence-corrected chi connectivity index (χ1v) is 7.52. The highest BCUT2D eigenvalue weighted by Gasteiger charge is 2.08. The summed E-state index contributed by atoms with van der Waals surface area (Å²) in [7, 11) is 1.56. The number of rotatable bonds is 5. The summed E-state index contributed by atoms with van der Waals surface area (Å²) >= 11 is 0. The number of nitrogens with zero attached hydrogens (tertiary/aromatic N) is 2. The minimum atomic E-state index is -0.348. The fourth-order valence-electron chi connectivity index (χ4n) is 2.32. The number of hydrogen-bond donors (Lipinski definition) is 2. The van der Waals surface area contributed by atoms with Crippen LogP contribution < -0.4 is 15.4 Å². The van der Waals surface area contributed by atoms with Crippen molar-refractivity contribution in [2.75, 3.05) is 17.7 Å². The topological polar surface area (TPSA) is 68.2 Å². The number of amides is 2. The van der Waals surface area contributed by atoms with E-state index in [1.807, 2.05) is 42.5 Å². The minimum Gasteiger partial charge on any atom is -0.495 e. The van der Waals surface area contributed by atoms with Crippen LogP contribution in [0.3, 0.4) is 0 Å². The molecule has 1 heterocycles. The summed E-state index contributed by atoms with van der Waals surface area (Å²) in [5.74, 6) is 0.604. The van der Waals surface area contributed by atoms with Gasteiger partial charge in [0.2, 0.25) is 0 Å². The molecule has 0 spiro atoms. The van der Waals surface area contributed by atoms with E-state index >= 15 is 0 Å². The Balaban J connectivity index is 1.61. The predicted molar refractivity (Wildman–Crippen MR) is 93.4 cm³/mol. The number of carbonyl (C=O) groups is 1. The molecular weight excluding hydrogens is 304 g/mol. The van der Waals surface area contributed by atoms with Crippen LogP contribution in [0.2, 0.25) is 0 Å². The van der Waals surface area contributed by atoms with Crippen molar-refractivity contribution in [1.29, 1.82) is 0 Å². The highest BCUT2D eigenvalue weighted by atomic mass is 16.5. The van der Waals surface area contributed by atoms with Crippen molar-refractivity contribution in [2.45, 2.75) is 6.54 Å². The van der Waals surface area contributed by atoms with Gasteiger partial charge in [-0.3, -0.25) is 4.68 Å². The highest BCUT2D eigenvalue weighted by Crippen LogP contribution is 2.23. The van der Waals surface area contributed by atoms with Gasteiger partial charge < -0.3 is 15.4 Å². The molecule has 24 heavy (non-hydrogen) atoms. The van der Waals surface area contributed by atoms with E-state index in [1.54, 1.807) is 36.3 Å². The Labute approximate surface area is 140 Å². The van der Waals surface area contributed by atoms with Gasteiger partial charge in [0, 0.05) is 6.20 Å². The van der Waals surface area contributed by atoms with E-state index in [1.165, 1.54) is 0 Å². The molecule has 0 aliphatic carbocycles. The van der Waals surface area contributed by atoms with Crippen LogP contribution >= 0.6 is 0 Å². The monoisotopic (exact) mass is 322 g/mol. The van der Waals surface area contributed by atoms with E-state index in [0.29, 0.717) is 23.7 Å². The normalized spacial score (nSPS) is 10.2. The van der Waals surface area contributed by atoms with E-state index in [4.69, 9.17) is 4.74 Å². The lowest BCUT2D eigenvalue weighted by atomic mass is 10.2. The van der Waals surface area contributed by atoms with Crippen molar-refractivity contribution in [2.24, 2.45) is 0 Å². The zero-order chi connectivity index (χ0) is 16.8. The molecule has 0 atom stereocenters. The van der Waals surface area contributed by atoms with Gasteiger partial charge in [0.15, 0.2) is 0 Å². The third kappa shape index (κ3) is 3.92. The largest absolute Gasteiger partial charge is 0.495 e. The Kier molecular flexibility index (Phi) is 4.76. The summed E-state index contributed by atoms with van der Waals surface area (Å²) in [4.78, 5) is 12.1. The lowest BCUT2D eigenvalue weighted by molar-refractivity contribution is 0.262. The molecular formula is C18H18N4O2. The van der Waals surface area contributed by atoms with Crippen LogP contribution in [-0.2, 0) is 6.54 Å². The van der Waals surface area contributed by atoms with Gasteiger partial charge in [0.1, 0.15) is 5.75 Å². The highest BCUT2D eigenvalue weighted by molar-refractivity contribution is 6.00. The quantitative estimate of drug-likeness (QED) is 0.754. The summed E-state index contributed by atoms with van der Waals surface area (Å²) in [6.07, 6.45) is 3.40. The first-order valence-electron chi connectivity index (χ1n) is 7.52. The molecule has 0 radical (unpaired) electrons. The number of benzene rings is 2. The van der Waals surface area contributed by atoms with Gasteiger partial charge >= 0.3 is 6.03 Å². The van der Waals surface area contributed by atoms with Crippen molar-refractivity contribution in [3.63, 3.8) is 0 Å². The summed E-state index contributed by atoms with van der Waals surface area (Å²) < 4.78 is 6.98. The maximum absolute atomic E-state index is 12.1. The van der Waals surface area contributed by atoms with Gasteiger partial charge in [-0.25, -0.2) is 4.79 Å². The van der Waals surface area contributed by atoms with Crippen molar-refractivity contribution in [3.05, 3.63) is 72.6 Å². The van der Waals surface area contributed by atoms with Gasteiger partial charge in [-0.2, -0.15) is 5.10 Å². The Morgan fingerprint density at radius 3 is 2.62 bits per heavy atom. The number of hydrogen-bond acceptors (Lipinski definition) is 3. The number of carbonyl (C=O) groups excluding carboxylic acids is 1. The number of para-hydroxylation sites is 2. The first kappa shape index (κ1) is 15.6. The van der Waals surface area contributed by atoms with Crippen LogP contribution in [-0.4, -0.2) is 22.9 Å². The Bertz CT molecular complexity index is 815. The van der Waals surface area contributed by atoms with Crippen LogP contribution in [0.5, 0.6) is 5.75 Å². The summed E-state index contributed by atoms with van der Waals surface area (Å²) in [6, 6.07) is 16.9. The molecule has 1 aromatic heterocycles. The fourth-order valence-corrected chi connectivity index (χ4v) is 2.32. The van der Waals surface area contributed by atoms with Gasteiger partial charge in [0.05, 0.1) is 31.2 Å². The van der Waals surface area contributed by atoms with Crippen LogP contribution in [0.15, 0.2) is 67.0 Å². The van der Waals surface area contributed by atoms with Crippen molar-refractivity contribution in [1.82, 2.24) is 9.78 Å². The SMILES string of the molecule is COc1ccccc1NC(=O)Nc1cnn(Cc2ccccc2)c1. The maximum Gasteiger partial charge on any atom is 0.323 e. The lowest BCUT2D eigenvalue weighted by Gasteiger charge is -2.09. The Morgan fingerprint density at radius 2 is 1.83 bits per heavy atom. The van der Waals surface area contributed by atoms with Crippen molar-refractivity contribution >= 4 is 17.4 Å². The molecule has 122 valence electrons. The minimum absolute atomic E-state index is 0.348. The van der Waals surface area contributed by atoms with Crippen LogP contribution in [0.25, 0.3) is 0 Å². The molecule has 0 aliphatic rings. The molecule has 0 unspecified atom stereocenters. The average molecular weight is 322 g/mol. The molecule has 6 nitrogen and oxygen atoms in total. The van der Waals surface area contributed by atoms with Gasteiger partial charge in [-0.15, -0.1) is 0 Å². The van der Waals surface area contributed by atoms with Crippen molar-refractivity contribution < 1.29 is 9.53 Å². The third-order valence-electron chi connectivity index (χ3n) is 3.43. The van der Waals surface area contributed by atoms with Crippen LogP contribution in [0.4, 0.5) is 16.2 Å². The number of aromatic nitrogens is 2. The number of nitrogens with one attached hydrogen (secondary N) is 2. The average Bonchev–Trinajstić information content (AvgIpc) is 3.03. The van der Waals surface area contributed by atoms with Gasteiger partial charge in [-0.1, -0.05) is 42.5 Å². The zero-order valence-electron chi connectivity index (χ0n) is 13.3. The van der Waals surface area contributed by atoms with E-state index in [9.17, 15) is 4.79 Å². The summed E-state index contributed by atoms with van der Waals surface area (Å²) in [5, 5.41) is 9.77. The standard InChI is InChI=1S/C18H18N4O2/c1-24-17-10-6-5-9-16(17)21-18(23)20-15-11-19-22(13-15)12-14-7-3-2-4-8-14/h2-11,13H,12H2,1H3,(H2,20,21,23). The number of ether oxygens (including phenoxy) is 1. The molecule has 0 bridgehead atoms. The molecule has 2 N–H and O–H groups in total. The Hall–Kier alpha value is -3.28. The second-order valence-electron chi connectivity index (χ2n) is 5.19. The Morgan fingerprint density at radius 1 is 1.08 bits per heavy atom. The van der Waals surface area contributed by atoms with Crippen molar-refractivity contribution in [3.8, 4) is 5.75 Å². The molecule has 2 aromatic carbocycles. The number of methoxy groups -OCH3 is 1. The number of anilines is 2. The zero-order valence-corrected chi connectivity index (χ0v) is 13.3. The third-order valence-corrected chi connectivity index (χ3v) is 3.43. The van der Waals surface area contributed by atoms with Crippen LogP contribution in [0, 0.1) is 0 Å². The molecule has 0 fully saturated rings. The first-order chi connectivity index (χ1) is 11.7.